The second kappa shape index (κ2) is 10.0. The predicted molar refractivity (Wildman–Crippen MR) is 128 cm³/mol. The van der Waals surface area contributed by atoms with E-state index in [0.29, 0.717) is 24.0 Å². The van der Waals surface area contributed by atoms with Crippen LogP contribution in [0.5, 0.6) is 0 Å². The van der Waals surface area contributed by atoms with Gasteiger partial charge in [-0.25, -0.2) is 4.39 Å². The first-order chi connectivity index (χ1) is 18.1. The number of piperidine rings is 1. The van der Waals surface area contributed by atoms with Gasteiger partial charge in [-0.15, -0.1) is 5.10 Å². The molecule has 38 heavy (non-hydrogen) atoms. The van der Waals surface area contributed by atoms with Crippen LogP contribution in [0.25, 0.3) is 22.4 Å². The van der Waals surface area contributed by atoms with Crippen LogP contribution in [-0.4, -0.2) is 79.0 Å². The molecule has 1 aliphatic rings. The maximum Gasteiger partial charge on any atom is 0.406 e. The van der Waals surface area contributed by atoms with Crippen molar-refractivity contribution in [2.75, 3.05) is 25.5 Å². The molecule has 4 aromatic rings. The number of carbonyl (C=O) groups is 1. The molecule has 0 radical (unpaired) electrons. The summed E-state index contributed by atoms with van der Waals surface area (Å²) in [6.45, 7) is -0.480. The number of benzene rings is 1. The maximum absolute atomic E-state index is 14.7. The molecular formula is C23H25F4N9O2. The van der Waals surface area contributed by atoms with Crippen molar-refractivity contribution < 1.29 is 26.9 Å². The lowest BCUT2D eigenvalue weighted by Gasteiger charge is -2.33. The highest BCUT2D eigenvalue weighted by atomic mass is 19.4. The summed E-state index contributed by atoms with van der Waals surface area (Å²) < 4.78 is 63.0. The highest BCUT2D eigenvalue weighted by Gasteiger charge is 2.32. The zero-order valence-corrected chi connectivity index (χ0v) is 20.5. The Morgan fingerprint density at radius 2 is 2.08 bits per heavy atom. The molecule has 1 amide bonds. The summed E-state index contributed by atoms with van der Waals surface area (Å²) in [6.07, 6.45) is -3.68. The second-order valence-corrected chi connectivity index (χ2v) is 9.26. The van der Waals surface area contributed by atoms with E-state index in [0.717, 1.165) is 4.57 Å². The molecule has 3 aromatic heterocycles. The quantitative estimate of drug-likeness (QED) is 0.347. The van der Waals surface area contributed by atoms with Crippen LogP contribution in [0.15, 0.2) is 35.0 Å². The van der Waals surface area contributed by atoms with E-state index in [1.807, 2.05) is 11.9 Å². The molecule has 4 heterocycles. The van der Waals surface area contributed by atoms with Gasteiger partial charge in [-0.3, -0.25) is 9.48 Å². The molecule has 0 unspecified atom stereocenters. The number of fused-ring (bicyclic) bond motifs is 1. The van der Waals surface area contributed by atoms with Crippen molar-refractivity contribution >= 4 is 22.5 Å². The van der Waals surface area contributed by atoms with E-state index < -0.39 is 30.8 Å². The molecule has 0 bridgehead atoms. The summed E-state index contributed by atoms with van der Waals surface area (Å²) in [7, 11) is 3.45. The van der Waals surface area contributed by atoms with Crippen LogP contribution in [0, 0.1) is 0 Å². The zero-order valence-electron chi connectivity index (χ0n) is 20.5. The lowest BCUT2D eigenvalue weighted by molar-refractivity contribution is -0.139. The Kier molecular flexibility index (Phi) is 6.77. The summed E-state index contributed by atoms with van der Waals surface area (Å²) in [4.78, 5) is 18.3. The number of halogens is 4. The van der Waals surface area contributed by atoms with E-state index in [4.69, 9.17) is 4.52 Å². The van der Waals surface area contributed by atoms with E-state index >= 15 is 0 Å². The minimum Gasteiger partial charge on any atom is -0.379 e. The van der Waals surface area contributed by atoms with Crippen LogP contribution < -0.4 is 10.6 Å². The number of hydrogen-bond donors (Lipinski definition) is 2. The standard InChI is InChI=1S/C23H25F4N9O2/c1-34-7-6-16(14(24)10-34)29-15-4-3-5-18-13(15)8-19(36(18)12-23(25,26)27)21-30-20(38-32-21)9-28-22(37)17-11-35(2)33-31-17/h3-5,8,11,14,16,29H,6-7,9-10,12H2,1-2H3,(H,28,37)/t14-,16+/m0/s1. The highest BCUT2D eigenvalue weighted by molar-refractivity contribution is 5.96. The Bertz CT molecular complexity index is 1440. The Labute approximate surface area is 213 Å². The minimum atomic E-state index is -4.53. The van der Waals surface area contributed by atoms with Crippen molar-refractivity contribution in [1.82, 2.24) is 39.9 Å². The summed E-state index contributed by atoms with van der Waals surface area (Å²) in [6, 6.07) is 5.94. The molecule has 0 spiro atoms. The number of hydrogen-bond acceptors (Lipinski definition) is 8. The molecule has 1 fully saturated rings. The summed E-state index contributed by atoms with van der Waals surface area (Å²) in [5.41, 5.74) is 0.953. The number of aromatic nitrogens is 6. The average Bonchev–Trinajstić information content (AvgIpc) is 3.58. The molecule has 2 N–H and O–H groups in total. The number of carbonyl (C=O) groups excluding carboxylic acids is 1. The van der Waals surface area contributed by atoms with Crippen LogP contribution in [-0.2, 0) is 20.1 Å². The van der Waals surface area contributed by atoms with Crippen LogP contribution in [0.2, 0.25) is 0 Å². The van der Waals surface area contributed by atoms with Crippen molar-refractivity contribution in [3.05, 3.63) is 42.0 Å². The van der Waals surface area contributed by atoms with E-state index in [2.05, 4.69) is 31.1 Å². The van der Waals surface area contributed by atoms with Gasteiger partial charge in [0, 0.05) is 31.2 Å². The van der Waals surface area contributed by atoms with E-state index in [-0.39, 0.29) is 41.7 Å². The van der Waals surface area contributed by atoms with Crippen molar-refractivity contribution in [2.45, 2.75) is 37.9 Å². The monoisotopic (exact) mass is 535 g/mol. The molecule has 1 aliphatic heterocycles. The Balaban J connectivity index is 1.43. The van der Waals surface area contributed by atoms with Gasteiger partial charge in [0.15, 0.2) is 5.69 Å². The molecule has 11 nitrogen and oxygen atoms in total. The lowest BCUT2D eigenvalue weighted by atomic mass is 10.0. The van der Waals surface area contributed by atoms with Gasteiger partial charge in [0.1, 0.15) is 12.7 Å². The lowest BCUT2D eigenvalue weighted by Crippen LogP contribution is -2.46. The molecule has 1 aromatic carbocycles. The first-order valence-electron chi connectivity index (χ1n) is 11.8. The number of rotatable bonds is 7. The normalized spacial score (nSPS) is 18.7. The van der Waals surface area contributed by atoms with Gasteiger partial charge < -0.3 is 24.6 Å². The number of nitrogens with one attached hydrogen (secondary N) is 2. The summed E-state index contributed by atoms with van der Waals surface area (Å²) in [5.74, 6) is -0.617. The van der Waals surface area contributed by atoms with Gasteiger partial charge in [-0.05, 0) is 31.7 Å². The van der Waals surface area contributed by atoms with Gasteiger partial charge in [0.25, 0.3) is 5.91 Å². The topological polar surface area (TPSA) is 119 Å². The average molecular weight is 536 g/mol. The predicted octanol–water partition coefficient (Wildman–Crippen LogP) is 2.77. The number of amides is 1. The van der Waals surface area contributed by atoms with Crippen LogP contribution in [0.4, 0.5) is 23.2 Å². The largest absolute Gasteiger partial charge is 0.406 e. The van der Waals surface area contributed by atoms with Crippen molar-refractivity contribution in [3.8, 4) is 11.5 Å². The van der Waals surface area contributed by atoms with Crippen molar-refractivity contribution in [3.63, 3.8) is 0 Å². The highest BCUT2D eigenvalue weighted by Crippen LogP contribution is 2.35. The third-order valence-electron chi connectivity index (χ3n) is 6.30. The minimum absolute atomic E-state index is 0.00833. The fraction of sp³-hybridized carbons (Fsp3) is 0.435. The summed E-state index contributed by atoms with van der Waals surface area (Å²) >= 11 is 0. The first kappa shape index (κ1) is 25.6. The first-order valence-corrected chi connectivity index (χ1v) is 11.8. The zero-order chi connectivity index (χ0) is 27.0. The molecular weight excluding hydrogens is 510 g/mol. The number of alkyl halides is 4. The smallest absolute Gasteiger partial charge is 0.379 e. The fourth-order valence-electron chi connectivity index (χ4n) is 4.49. The molecule has 0 aliphatic carbocycles. The molecule has 202 valence electrons. The molecule has 2 atom stereocenters. The van der Waals surface area contributed by atoms with Crippen LogP contribution >= 0.6 is 0 Å². The van der Waals surface area contributed by atoms with Crippen molar-refractivity contribution in [2.24, 2.45) is 7.05 Å². The van der Waals surface area contributed by atoms with E-state index in [1.165, 1.54) is 16.9 Å². The molecule has 5 rings (SSSR count). The van der Waals surface area contributed by atoms with E-state index in [1.54, 1.807) is 25.2 Å². The van der Waals surface area contributed by atoms with Gasteiger partial charge in [-0.2, -0.15) is 18.2 Å². The van der Waals surface area contributed by atoms with Gasteiger partial charge >= 0.3 is 6.18 Å². The van der Waals surface area contributed by atoms with Gasteiger partial charge in [0.05, 0.1) is 30.0 Å². The number of likely N-dealkylation sites (tertiary alicyclic amines) is 1. The Hall–Kier alpha value is -4.01. The van der Waals surface area contributed by atoms with Crippen LogP contribution in [0.3, 0.4) is 0 Å². The van der Waals surface area contributed by atoms with Gasteiger partial charge in [0.2, 0.25) is 11.7 Å². The third-order valence-corrected chi connectivity index (χ3v) is 6.30. The van der Waals surface area contributed by atoms with Crippen molar-refractivity contribution in [1.29, 1.82) is 0 Å². The molecule has 1 saturated heterocycles. The Morgan fingerprint density at radius 1 is 1.26 bits per heavy atom. The fourth-order valence-corrected chi connectivity index (χ4v) is 4.49. The van der Waals surface area contributed by atoms with Gasteiger partial charge in [-0.1, -0.05) is 16.4 Å². The second-order valence-electron chi connectivity index (χ2n) is 9.26. The SMILES string of the molecule is CN1CC[C@@H](Nc2cccc3c2cc(-c2noc(CNC(=O)c4cn(C)nn4)n2)n3CC(F)(F)F)[C@@H](F)C1. The maximum atomic E-state index is 14.7. The Morgan fingerprint density at radius 3 is 2.79 bits per heavy atom. The number of aryl methyl sites for hydroxylation is 1. The third kappa shape index (κ3) is 5.46. The number of anilines is 1. The molecule has 0 saturated carbocycles. The summed E-state index contributed by atoms with van der Waals surface area (Å²) in [5, 5.41) is 17.4. The van der Waals surface area contributed by atoms with E-state index in [9.17, 15) is 22.4 Å². The van der Waals surface area contributed by atoms with Crippen LogP contribution in [0.1, 0.15) is 22.8 Å². The number of nitrogens with zero attached hydrogens (tertiary/aromatic N) is 7. The molecule has 15 heteroatoms.